The van der Waals surface area contributed by atoms with Gasteiger partial charge in [0, 0.05) is 19.3 Å². The highest BCUT2D eigenvalue weighted by Gasteiger charge is 2.26. The fourth-order valence-corrected chi connectivity index (χ4v) is 2.74. The molecule has 1 fully saturated rings. The Morgan fingerprint density at radius 3 is 2.82 bits per heavy atom. The largest absolute Gasteiger partial charge is 0.489 e. The van der Waals surface area contributed by atoms with Crippen LogP contribution in [0.15, 0.2) is 18.3 Å². The van der Waals surface area contributed by atoms with Crippen LogP contribution >= 0.6 is 0 Å². The van der Waals surface area contributed by atoms with Crippen molar-refractivity contribution in [3.05, 3.63) is 24.0 Å². The summed E-state index contributed by atoms with van der Waals surface area (Å²) in [6.07, 6.45) is 3.78. The van der Waals surface area contributed by atoms with Crippen molar-refractivity contribution in [1.82, 2.24) is 15.2 Å². The number of carbonyl (C=O) groups is 1. The standard InChI is InChI=1S/C17H27N3O2/c1-4-18-12-14-7-10-20(11-8-14)17(21)16-15(22-13(2)3)6-5-9-19-16/h5-6,9,13-14,18H,4,7-8,10-12H2,1-3H3. The Kier molecular flexibility index (Phi) is 6.19. The summed E-state index contributed by atoms with van der Waals surface area (Å²) < 4.78 is 5.71. The zero-order valence-electron chi connectivity index (χ0n) is 13.8. The maximum Gasteiger partial charge on any atom is 0.276 e. The van der Waals surface area contributed by atoms with E-state index in [1.165, 1.54) is 0 Å². The van der Waals surface area contributed by atoms with Crippen molar-refractivity contribution in [3.8, 4) is 5.75 Å². The summed E-state index contributed by atoms with van der Waals surface area (Å²) in [7, 11) is 0. The summed E-state index contributed by atoms with van der Waals surface area (Å²) in [6.45, 7) is 9.67. The quantitative estimate of drug-likeness (QED) is 0.876. The fraction of sp³-hybridized carbons (Fsp3) is 0.647. The number of hydrogen-bond donors (Lipinski definition) is 1. The number of rotatable bonds is 6. The molecule has 1 aliphatic heterocycles. The molecule has 0 radical (unpaired) electrons. The molecule has 122 valence electrons. The van der Waals surface area contributed by atoms with Crippen LogP contribution in [0.5, 0.6) is 5.75 Å². The highest BCUT2D eigenvalue weighted by atomic mass is 16.5. The lowest BCUT2D eigenvalue weighted by molar-refractivity contribution is 0.0677. The lowest BCUT2D eigenvalue weighted by Gasteiger charge is -2.32. The lowest BCUT2D eigenvalue weighted by Crippen LogP contribution is -2.41. The Labute approximate surface area is 133 Å². The van der Waals surface area contributed by atoms with Gasteiger partial charge < -0.3 is 15.0 Å². The van der Waals surface area contributed by atoms with Gasteiger partial charge in [0.1, 0.15) is 0 Å². The molecule has 5 nitrogen and oxygen atoms in total. The van der Waals surface area contributed by atoms with Gasteiger partial charge in [0.15, 0.2) is 11.4 Å². The van der Waals surface area contributed by atoms with Crippen LogP contribution < -0.4 is 10.1 Å². The number of nitrogens with zero attached hydrogens (tertiary/aromatic N) is 2. The van der Waals surface area contributed by atoms with E-state index in [2.05, 4.69) is 17.2 Å². The van der Waals surface area contributed by atoms with Gasteiger partial charge >= 0.3 is 0 Å². The fourth-order valence-electron chi connectivity index (χ4n) is 2.74. The van der Waals surface area contributed by atoms with Crippen molar-refractivity contribution >= 4 is 5.91 Å². The number of ether oxygens (including phenoxy) is 1. The SMILES string of the molecule is CCNCC1CCN(C(=O)c2ncccc2OC(C)C)CC1. The number of carbonyl (C=O) groups excluding carboxylic acids is 1. The second-order valence-electron chi connectivity index (χ2n) is 6.06. The van der Waals surface area contributed by atoms with Gasteiger partial charge in [-0.15, -0.1) is 0 Å². The third kappa shape index (κ3) is 4.44. The summed E-state index contributed by atoms with van der Waals surface area (Å²) >= 11 is 0. The van der Waals surface area contributed by atoms with Crippen molar-refractivity contribution in [2.24, 2.45) is 5.92 Å². The molecule has 0 bridgehead atoms. The molecule has 0 atom stereocenters. The molecule has 0 saturated carbocycles. The van der Waals surface area contributed by atoms with E-state index in [4.69, 9.17) is 4.74 Å². The Hall–Kier alpha value is -1.62. The number of hydrogen-bond acceptors (Lipinski definition) is 4. The van der Waals surface area contributed by atoms with Crippen molar-refractivity contribution < 1.29 is 9.53 Å². The van der Waals surface area contributed by atoms with Gasteiger partial charge in [-0.3, -0.25) is 4.79 Å². The maximum atomic E-state index is 12.7. The molecule has 1 saturated heterocycles. The van der Waals surface area contributed by atoms with Crippen molar-refractivity contribution in [1.29, 1.82) is 0 Å². The predicted octanol–water partition coefficient (Wildman–Crippen LogP) is 2.33. The first-order valence-corrected chi connectivity index (χ1v) is 8.23. The van der Waals surface area contributed by atoms with E-state index in [1.54, 1.807) is 12.3 Å². The zero-order valence-corrected chi connectivity index (χ0v) is 13.8. The Morgan fingerprint density at radius 1 is 1.45 bits per heavy atom. The van der Waals surface area contributed by atoms with Crippen LogP contribution in [0.25, 0.3) is 0 Å². The van der Waals surface area contributed by atoms with E-state index in [9.17, 15) is 4.79 Å². The average Bonchev–Trinajstić information content (AvgIpc) is 2.53. The minimum absolute atomic E-state index is 0.0156. The van der Waals surface area contributed by atoms with Crippen molar-refractivity contribution in [3.63, 3.8) is 0 Å². The molecule has 0 spiro atoms. The minimum Gasteiger partial charge on any atom is -0.489 e. The molecule has 0 unspecified atom stereocenters. The zero-order chi connectivity index (χ0) is 15.9. The van der Waals surface area contributed by atoms with E-state index in [1.807, 2.05) is 24.8 Å². The van der Waals surface area contributed by atoms with Gasteiger partial charge in [-0.1, -0.05) is 6.92 Å². The Balaban J connectivity index is 1.98. The molecular formula is C17H27N3O2. The molecule has 1 amide bonds. The van der Waals surface area contributed by atoms with Gasteiger partial charge in [0.05, 0.1) is 6.10 Å². The third-order valence-corrected chi connectivity index (χ3v) is 3.92. The van der Waals surface area contributed by atoms with Crippen LogP contribution in [0.4, 0.5) is 0 Å². The molecule has 22 heavy (non-hydrogen) atoms. The number of aromatic nitrogens is 1. The number of piperidine rings is 1. The van der Waals surface area contributed by atoms with E-state index >= 15 is 0 Å². The van der Waals surface area contributed by atoms with E-state index in [0.717, 1.165) is 39.0 Å². The van der Waals surface area contributed by atoms with Gasteiger partial charge in [0.2, 0.25) is 0 Å². The van der Waals surface area contributed by atoms with E-state index in [0.29, 0.717) is 17.4 Å². The molecule has 0 aromatic carbocycles. The van der Waals surface area contributed by atoms with Gasteiger partial charge in [-0.05, 0) is 57.8 Å². The smallest absolute Gasteiger partial charge is 0.276 e. The first-order valence-electron chi connectivity index (χ1n) is 8.23. The second-order valence-corrected chi connectivity index (χ2v) is 6.06. The number of likely N-dealkylation sites (tertiary alicyclic amines) is 1. The second kappa shape index (κ2) is 8.13. The average molecular weight is 305 g/mol. The number of pyridine rings is 1. The Morgan fingerprint density at radius 2 is 2.18 bits per heavy atom. The maximum absolute atomic E-state index is 12.7. The molecule has 0 aliphatic carbocycles. The van der Waals surface area contributed by atoms with Crippen molar-refractivity contribution in [2.75, 3.05) is 26.2 Å². The minimum atomic E-state index is -0.0156. The van der Waals surface area contributed by atoms with Crippen LogP contribution in [-0.2, 0) is 0 Å². The molecule has 5 heteroatoms. The Bertz CT molecular complexity index is 483. The monoisotopic (exact) mass is 305 g/mol. The normalized spacial score (nSPS) is 16.1. The van der Waals surface area contributed by atoms with Crippen LogP contribution in [-0.4, -0.2) is 48.1 Å². The summed E-state index contributed by atoms with van der Waals surface area (Å²) in [5, 5.41) is 3.39. The molecule has 1 aromatic rings. The van der Waals surface area contributed by atoms with Crippen LogP contribution in [0.2, 0.25) is 0 Å². The van der Waals surface area contributed by atoms with Gasteiger partial charge in [0.25, 0.3) is 5.91 Å². The van der Waals surface area contributed by atoms with Crippen LogP contribution in [0, 0.1) is 5.92 Å². The molecule has 2 heterocycles. The highest BCUT2D eigenvalue weighted by Crippen LogP contribution is 2.22. The van der Waals surface area contributed by atoms with E-state index < -0.39 is 0 Å². The molecule has 2 rings (SSSR count). The number of amides is 1. The lowest BCUT2D eigenvalue weighted by atomic mass is 9.96. The molecular weight excluding hydrogens is 278 g/mol. The van der Waals surface area contributed by atoms with Crippen LogP contribution in [0.3, 0.4) is 0 Å². The summed E-state index contributed by atoms with van der Waals surface area (Å²) in [5.74, 6) is 1.23. The topological polar surface area (TPSA) is 54.5 Å². The van der Waals surface area contributed by atoms with Crippen LogP contribution in [0.1, 0.15) is 44.1 Å². The highest BCUT2D eigenvalue weighted by molar-refractivity contribution is 5.95. The van der Waals surface area contributed by atoms with Crippen molar-refractivity contribution in [2.45, 2.75) is 39.7 Å². The molecule has 1 aliphatic rings. The van der Waals surface area contributed by atoms with Gasteiger partial charge in [-0.25, -0.2) is 4.98 Å². The first-order chi connectivity index (χ1) is 10.6. The number of nitrogens with one attached hydrogen (secondary N) is 1. The third-order valence-electron chi connectivity index (χ3n) is 3.92. The molecule has 1 aromatic heterocycles. The predicted molar refractivity (Wildman–Crippen MR) is 87.2 cm³/mol. The van der Waals surface area contributed by atoms with Gasteiger partial charge in [-0.2, -0.15) is 0 Å². The van der Waals surface area contributed by atoms with E-state index in [-0.39, 0.29) is 12.0 Å². The first kappa shape index (κ1) is 16.7. The summed E-state index contributed by atoms with van der Waals surface area (Å²) in [6, 6.07) is 3.62. The summed E-state index contributed by atoms with van der Waals surface area (Å²) in [4.78, 5) is 18.8. The summed E-state index contributed by atoms with van der Waals surface area (Å²) in [5.41, 5.74) is 0.432. The molecule has 1 N–H and O–H groups in total.